The van der Waals surface area contributed by atoms with E-state index >= 15 is 0 Å². The van der Waals surface area contributed by atoms with Gasteiger partial charge in [0.15, 0.2) is 5.69 Å². The molecule has 1 saturated heterocycles. The Morgan fingerprint density at radius 3 is 3.09 bits per heavy atom. The molecule has 2 aromatic heterocycles. The number of rotatable bonds is 4. The zero-order chi connectivity index (χ0) is 16.2. The van der Waals surface area contributed by atoms with Crippen LogP contribution >= 0.6 is 0 Å². The van der Waals surface area contributed by atoms with Crippen molar-refractivity contribution in [2.24, 2.45) is 0 Å². The summed E-state index contributed by atoms with van der Waals surface area (Å²) in [7, 11) is 0. The Morgan fingerprint density at radius 2 is 2.26 bits per heavy atom. The van der Waals surface area contributed by atoms with Gasteiger partial charge in [-0.2, -0.15) is 0 Å². The van der Waals surface area contributed by atoms with E-state index in [4.69, 9.17) is 4.74 Å². The molecule has 6 nitrogen and oxygen atoms in total. The Labute approximate surface area is 134 Å². The van der Waals surface area contributed by atoms with E-state index < -0.39 is 5.97 Å². The fourth-order valence-corrected chi connectivity index (χ4v) is 2.85. The lowest BCUT2D eigenvalue weighted by molar-refractivity contribution is 0.0517. The number of nitrogens with one attached hydrogen (secondary N) is 1. The van der Waals surface area contributed by atoms with Crippen molar-refractivity contribution in [3.8, 4) is 0 Å². The average Bonchev–Trinajstić information content (AvgIpc) is 2.71. The van der Waals surface area contributed by atoms with E-state index in [0.29, 0.717) is 17.9 Å². The third-order valence-corrected chi connectivity index (χ3v) is 3.96. The minimum Gasteiger partial charge on any atom is -0.461 e. The summed E-state index contributed by atoms with van der Waals surface area (Å²) in [6.45, 7) is 6.29. The molecular weight excluding hydrogens is 299 g/mol. The number of pyridine rings is 1. The van der Waals surface area contributed by atoms with Crippen LogP contribution in [0.1, 0.15) is 29.5 Å². The van der Waals surface area contributed by atoms with Gasteiger partial charge in [-0.25, -0.2) is 14.2 Å². The molecule has 0 amide bonds. The summed E-state index contributed by atoms with van der Waals surface area (Å²) < 4.78 is 20.4. The number of carbonyl (C=O) groups excluding carboxylic acids is 1. The largest absolute Gasteiger partial charge is 0.461 e. The molecule has 2 aromatic rings. The van der Waals surface area contributed by atoms with Crippen LogP contribution in [0.25, 0.3) is 5.65 Å². The molecule has 7 heteroatoms. The molecule has 0 saturated carbocycles. The van der Waals surface area contributed by atoms with Crippen LogP contribution in [0.2, 0.25) is 0 Å². The highest BCUT2D eigenvalue weighted by molar-refractivity contribution is 5.89. The van der Waals surface area contributed by atoms with Crippen LogP contribution < -0.4 is 5.32 Å². The van der Waals surface area contributed by atoms with Gasteiger partial charge in [-0.1, -0.05) is 0 Å². The zero-order valence-electron chi connectivity index (χ0n) is 13.2. The van der Waals surface area contributed by atoms with E-state index in [1.807, 2.05) is 0 Å². The molecule has 1 N–H and O–H groups in total. The Morgan fingerprint density at radius 1 is 1.39 bits per heavy atom. The number of halogens is 1. The van der Waals surface area contributed by atoms with Gasteiger partial charge in [0.2, 0.25) is 0 Å². The highest BCUT2D eigenvalue weighted by Gasteiger charge is 2.22. The molecule has 1 aliphatic heterocycles. The molecule has 1 aliphatic rings. The van der Waals surface area contributed by atoms with Crippen molar-refractivity contribution in [3.63, 3.8) is 0 Å². The molecule has 0 aromatic carbocycles. The smallest absolute Gasteiger partial charge is 0.358 e. The quantitative estimate of drug-likeness (QED) is 0.864. The summed E-state index contributed by atoms with van der Waals surface area (Å²) in [5.41, 5.74) is 1.51. The summed E-state index contributed by atoms with van der Waals surface area (Å²) in [6.07, 6.45) is 2.41. The lowest BCUT2D eigenvalue weighted by atomic mass is 10.2. The Balaban J connectivity index is 1.98. The van der Waals surface area contributed by atoms with E-state index in [2.05, 4.69) is 15.2 Å². The van der Waals surface area contributed by atoms with Crippen LogP contribution in [0.5, 0.6) is 0 Å². The third kappa shape index (κ3) is 3.51. The summed E-state index contributed by atoms with van der Waals surface area (Å²) in [5, 5.41) is 3.35. The first-order valence-corrected chi connectivity index (χ1v) is 7.95. The number of hydrogen-bond donors (Lipinski definition) is 1. The number of aromatic nitrogens is 2. The second kappa shape index (κ2) is 7.06. The Bertz CT molecular complexity index is 693. The number of carbonyl (C=O) groups is 1. The molecule has 0 spiro atoms. The number of esters is 1. The van der Waals surface area contributed by atoms with Gasteiger partial charge in [0, 0.05) is 25.8 Å². The fraction of sp³-hybridized carbons (Fsp3) is 0.500. The number of hydrogen-bond acceptors (Lipinski definition) is 5. The molecule has 124 valence electrons. The van der Waals surface area contributed by atoms with Crippen LogP contribution in [-0.2, 0) is 11.3 Å². The van der Waals surface area contributed by atoms with Crippen molar-refractivity contribution in [1.82, 2.24) is 19.6 Å². The standard InChI is InChI=1S/C16H21FN4O2/c1-2-23-16(22)15-13(11-20-8-3-6-18-7-9-20)21-10-12(17)4-5-14(21)19-15/h4-5,10,18H,2-3,6-9,11H2,1H3. The molecule has 3 heterocycles. The minimum atomic E-state index is -0.459. The number of fused-ring (bicyclic) bond motifs is 1. The topological polar surface area (TPSA) is 58.9 Å². The molecular formula is C16H21FN4O2. The van der Waals surface area contributed by atoms with Crippen LogP contribution in [0.3, 0.4) is 0 Å². The van der Waals surface area contributed by atoms with Gasteiger partial charge in [0.1, 0.15) is 11.5 Å². The van der Waals surface area contributed by atoms with Gasteiger partial charge in [0.25, 0.3) is 0 Å². The summed E-state index contributed by atoms with van der Waals surface area (Å²) in [5.74, 6) is -0.816. The molecule has 0 aliphatic carbocycles. The van der Waals surface area contributed by atoms with Crippen molar-refractivity contribution < 1.29 is 13.9 Å². The first kappa shape index (κ1) is 15.9. The highest BCUT2D eigenvalue weighted by Crippen LogP contribution is 2.17. The van der Waals surface area contributed by atoms with E-state index in [-0.39, 0.29) is 18.1 Å². The van der Waals surface area contributed by atoms with Gasteiger partial charge in [-0.3, -0.25) is 9.30 Å². The zero-order valence-corrected chi connectivity index (χ0v) is 13.2. The number of ether oxygens (including phenoxy) is 1. The van der Waals surface area contributed by atoms with Gasteiger partial charge < -0.3 is 10.1 Å². The predicted octanol–water partition coefficient (Wildman–Crippen LogP) is 1.45. The van der Waals surface area contributed by atoms with Gasteiger partial charge in [-0.05, 0) is 38.6 Å². The van der Waals surface area contributed by atoms with Crippen LogP contribution in [0, 0.1) is 5.82 Å². The van der Waals surface area contributed by atoms with Crippen LogP contribution in [-0.4, -0.2) is 53.0 Å². The summed E-state index contributed by atoms with van der Waals surface area (Å²) in [6, 6.07) is 2.92. The molecule has 0 atom stereocenters. The molecule has 3 rings (SSSR count). The molecule has 0 unspecified atom stereocenters. The summed E-state index contributed by atoms with van der Waals surface area (Å²) >= 11 is 0. The lowest BCUT2D eigenvalue weighted by Gasteiger charge is -2.19. The second-order valence-corrected chi connectivity index (χ2v) is 5.58. The Kier molecular flexibility index (Phi) is 4.88. The van der Waals surface area contributed by atoms with Crippen molar-refractivity contribution in [1.29, 1.82) is 0 Å². The molecule has 1 fully saturated rings. The van der Waals surface area contributed by atoms with Crippen LogP contribution in [0.4, 0.5) is 4.39 Å². The van der Waals surface area contributed by atoms with E-state index in [0.717, 1.165) is 32.6 Å². The predicted molar refractivity (Wildman–Crippen MR) is 83.9 cm³/mol. The normalized spacial score (nSPS) is 16.4. The molecule has 0 bridgehead atoms. The fourth-order valence-electron chi connectivity index (χ4n) is 2.85. The van der Waals surface area contributed by atoms with E-state index in [1.165, 1.54) is 12.3 Å². The van der Waals surface area contributed by atoms with Crippen molar-refractivity contribution >= 4 is 11.6 Å². The maximum atomic E-state index is 13.6. The van der Waals surface area contributed by atoms with E-state index in [1.54, 1.807) is 17.4 Å². The van der Waals surface area contributed by atoms with Gasteiger partial charge >= 0.3 is 5.97 Å². The van der Waals surface area contributed by atoms with Gasteiger partial charge in [-0.15, -0.1) is 0 Å². The van der Waals surface area contributed by atoms with Crippen LogP contribution in [0.15, 0.2) is 18.3 Å². The van der Waals surface area contributed by atoms with E-state index in [9.17, 15) is 9.18 Å². The number of nitrogens with zero attached hydrogens (tertiary/aromatic N) is 3. The van der Waals surface area contributed by atoms with Crippen molar-refractivity contribution in [2.75, 3.05) is 32.8 Å². The SMILES string of the molecule is CCOC(=O)c1nc2ccc(F)cn2c1CN1CCCNCC1. The molecule has 23 heavy (non-hydrogen) atoms. The summed E-state index contributed by atoms with van der Waals surface area (Å²) in [4.78, 5) is 18.8. The second-order valence-electron chi connectivity index (χ2n) is 5.58. The highest BCUT2D eigenvalue weighted by atomic mass is 19.1. The van der Waals surface area contributed by atoms with Crippen molar-refractivity contribution in [2.45, 2.75) is 19.9 Å². The van der Waals surface area contributed by atoms with Gasteiger partial charge in [0.05, 0.1) is 12.3 Å². The average molecular weight is 320 g/mol. The molecule has 0 radical (unpaired) electrons. The maximum absolute atomic E-state index is 13.6. The minimum absolute atomic E-state index is 0.273. The van der Waals surface area contributed by atoms with Crippen molar-refractivity contribution in [3.05, 3.63) is 35.5 Å². The number of imidazole rings is 1. The maximum Gasteiger partial charge on any atom is 0.358 e. The third-order valence-electron chi connectivity index (χ3n) is 3.96. The Hall–Kier alpha value is -1.99. The lowest BCUT2D eigenvalue weighted by Crippen LogP contribution is -2.29. The monoisotopic (exact) mass is 320 g/mol. The first-order valence-electron chi connectivity index (χ1n) is 7.95. The first-order chi connectivity index (χ1) is 11.2.